The average molecular weight is 659 g/mol. The minimum absolute atomic E-state index is 0.0635. The Balaban J connectivity index is 1.16. The van der Waals surface area contributed by atoms with E-state index in [1.165, 1.54) is 0 Å². The maximum atomic E-state index is 12.7. The number of oxazole rings is 2. The van der Waals surface area contributed by atoms with Crippen LogP contribution in [0.3, 0.4) is 0 Å². The second-order valence-corrected chi connectivity index (χ2v) is 13.1. The number of carboxylic acid groups (broad SMARTS) is 1. The van der Waals surface area contributed by atoms with E-state index in [0.717, 1.165) is 56.9 Å². The molecule has 3 aromatic carbocycles. The fourth-order valence-corrected chi connectivity index (χ4v) is 6.91. The molecule has 250 valence electrons. The van der Waals surface area contributed by atoms with Crippen molar-refractivity contribution < 1.29 is 23.5 Å². The number of amides is 1. The van der Waals surface area contributed by atoms with Crippen LogP contribution < -0.4 is 0 Å². The molecule has 1 amide bonds. The first kappa shape index (κ1) is 32.2. The van der Waals surface area contributed by atoms with Crippen LogP contribution in [0.25, 0.3) is 45.1 Å². The van der Waals surface area contributed by atoms with Gasteiger partial charge in [0.2, 0.25) is 17.7 Å². The summed E-state index contributed by atoms with van der Waals surface area (Å²) in [7, 11) is 1.93. The van der Waals surface area contributed by atoms with E-state index in [4.69, 9.17) is 18.8 Å². The lowest BCUT2D eigenvalue weighted by Crippen LogP contribution is -2.35. The maximum Gasteiger partial charge on any atom is 0.307 e. The van der Waals surface area contributed by atoms with Crippen LogP contribution in [0, 0.1) is 31.1 Å². The summed E-state index contributed by atoms with van der Waals surface area (Å²) < 4.78 is 12.5. The molecule has 1 unspecified atom stereocenters. The average Bonchev–Trinajstić information content (AvgIpc) is 3.88. The Morgan fingerprint density at radius 3 is 2.29 bits per heavy atom. The maximum absolute atomic E-state index is 12.7. The molecule has 0 aliphatic carbocycles. The number of carbonyl (C=O) groups excluding carboxylic acids is 1. The van der Waals surface area contributed by atoms with Crippen LogP contribution in [-0.2, 0) is 29.2 Å². The van der Waals surface area contributed by atoms with Gasteiger partial charge in [-0.05, 0) is 92.5 Å². The van der Waals surface area contributed by atoms with Crippen molar-refractivity contribution in [3.05, 3.63) is 82.2 Å². The molecule has 2 aliphatic rings. The highest BCUT2D eigenvalue weighted by atomic mass is 16.4. The first-order valence-corrected chi connectivity index (χ1v) is 16.6. The fraction of sp³-hybridized carbons (Fsp3) is 0.342. The van der Waals surface area contributed by atoms with Gasteiger partial charge in [0.15, 0.2) is 5.58 Å². The van der Waals surface area contributed by atoms with Gasteiger partial charge in [-0.15, -0.1) is 0 Å². The minimum Gasteiger partial charge on any atom is -0.481 e. The van der Waals surface area contributed by atoms with Crippen LogP contribution in [-0.4, -0.2) is 74.9 Å². The Bertz CT molecular complexity index is 2120. The lowest BCUT2D eigenvalue weighted by atomic mass is 9.91. The fourth-order valence-electron chi connectivity index (χ4n) is 6.91. The number of likely N-dealkylation sites (N-methyl/N-ethyl adjacent to an activating group) is 1. The molecule has 7 rings (SSSR count). The van der Waals surface area contributed by atoms with Crippen molar-refractivity contribution in [1.29, 1.82) is 5.26 Å². The number of likely N-dealkylation sites (tertiary alicyclic amines) is 1. The molecule has 4 heterocycles. The summed E-state index contributed by atoms with van der Waals surface area (Å²) in [5.41, 5.74) is 8.86. The first-order chi connectivity index (χ1) is 23.6. The predicted molar refractivity (Wildman–Crippen MR) is 183 cm³/mol. The smallest absolute Gasteiger partial charge is 0.307 e. The summed E-state index contributed by atoms with van der Waals surface area (Å²) in [5, 5.41) is 19.4. The van der Waals surface area contributed by atoms with E-state index < -0.39 is 5.97 Å². The van der Waals surface area contributed by atoms with E-state index in [0.29, 0.717) is 74.1 Å². The Labute approximate surface area is 284 Å². The van der Waals surface area contributed by atoms with Crippen molar-refractivity contribution in [2.45, 2.75) is 46.8 Å². The van der Waals surface area contributed by atoms with Crippen molar-refractivity contribution in [3.8, 4) is 40.1 Å². The van der Waals surface area contributed by atoms with E-state index >= 15 is 0 Å². The monoisotopic (exact) mass is 658 g/mol. The molecule has 0 radical (unpaired) electrons. The third kappa shape index (κ3) is 6.09. The third-order valence-electron chi connectivity index (χ3n) is 9.87. The minimum atomic E-state index is -0.769. The highest BCUT2D eigenvalue weighted by Gasteiger charge is 2.31. The summed E-state index contributed by atoms with van der Waals surface area (Å²) in [6.07, 6.45) is 0.618. The molecule has 11 heteroatoms. The number of fused-ring (bicyclic) bond motifs is 2. The van der Waals surface area contributed by atoms with Gasteiger partial charge < -0.3 is 18.8 Å². The van der Waals surface area contributed by atoms with Crippen molar-refractivity contribution in [2.24, 2.45) is 5.92 Å². The van der Waals surface area contributed by atoms with Gasteiger partial charge in [-0.25, -0.2) is 9.97 Å². The highest BCUT2D eigenvalue weighted by molar-refractivity contribution is 5.85. The molecule has 1 N–H and O–H groups in total. The predicted octanol–water partition coefficient (Wildman–Crippen LogP) is 6.01. The zero-order chi connectivity index (χ0) is 34.4. The lowest BCUT2D eigenvalue weighted by molar-refractivity contribution is -0.141. The Hall–Kier alpha value is -5.31. The van der Waals surface area contributed by atoms with E-state index in [2.05, 4.69) is 30.0 Å². The van der Waals surface area contributed by atoms with Gasteiger partial charge >= 0.3 is 5.97 Å². The van der Waals surface area contributed by atoms with Crippen LogP contribution in [0.1, 0.15) is 47.1 Å². The van der Waals surface area contributed by atoms with Gasteiger partial charge in [0.05, 0.1) is 31.1 Å². The molecule has 0 spiro atoms. The number of rotatable bonds is 9. The van der Waals surface area contributed by atoms with Crippen LogP contribution in [0.4, 0.5) is 0 Å². The summed E-state index contributed by atoms with van der Waals surface area (Å²) in [5.74, 6) is 0.627. The van der Waals surface area contributed by atoms with E-state index in [-0.39, 0.29) is 11.8 Å². The number of nitrogens with zero attached hydrogens (tertiary/aromatic N) is 6. The standard InChI is InChI=1S/C38H38N6O5/c1-5-42(4)21-34(45)44-19-32-33(20-44)48-36(41-32)29-10-6-8-27(22(29)2)28-9-7-11-30(23(28)3)37-40-31-15-24(14-26(16-39)35(31)49-37)17-43-13-12-25(18-43)38(46)47/h6-11,14-15,25H,5,12-13,17-21H2,1-4H3,(H,46,47). The molecule has 49 heavy (non-hydrogen) atoms. The highest BCUT2D eigenvalue weighted by Crippen LogP contribution is 2.39. The van der Waals surface area contributed by atoms with Crippen molar-refractivity contribution >= 4 is 23.0 Å². The summed E-state index contributed by atoms with van der Waals surface area (Å²) in [4.78, 5) is 39.7. The van der Waals surface area contributed by atoms with Crippen molar-refractivity contribution in [2.75, 3.05) is 33.2 Å². The zero-order valence-corrected chi connectivity index (χ0v) is 28.1. The van der Waals surface area contributed by atoms with Crippen LogP contribution >= 0.6 is 0 Å². The molecule has 1 fully saturated rings. The van der Waals surface area contributed by atoms with Crippen LogP contribution in [0.5, 0.6) is 0 Å². The summed E-state index contributed by atoms with van der Waals surface area (Å²) in [6.45, 7) is 9.88. The second-order valence-electron chi connectivity index (χ2n) is 13.1. The van der Waals surface area contributed by atoms with E-state index in [9.17, 15) is 20.0 Å². The first-order valence-electron chi connectivity index (χ1n) is 16.6. The van der Waals surface area contributed by atoms with Gasteiger partial charge in [-0.3, -0.25) is 19.4 Å². The Morgan fingerprint density at radius 2 is 1.67 bits per heavy atom. The topological polar surface area (TPSA) is 140 Å². The molecular formula is C38H38N6O5. The molecular weight excluding hydrogens is 620 g/mol. The molecule has 2 aromatic heterocycles. The van der Waals surface area contributed by atoms with Gasteiger partial charge in [-0.2, -0.15) is 5.26 Å². The molecule has 0 bridgehead atoms. The number of carbonyl (C=O) groups is 2. The van der Waals surface area contributed by atoms with Gasteiger partial charge in [0.1, 0.15) is 23.0 Å². The normalized spacial score (nSPS) is 16.1. The quantitative estimate of drug-likeness (QED) is 0.200. The Kier molecular flexibility index (Phi) is 8.52. The molecule has 11 nitrogen and oxygen atoms in total. The zero-order valence-electron chi connectivity index (χ0n) is 28.1. The number of nitriles is 1. The number of hydrogen-bond acceptors (Lipinski definition) is 9. The number of carboxylic acids is 1. The van der Waals surface area contributed by atoms with E-state index in [1.54, 1.807) is 4.90 Å². The van der Waals surface area contributed by atoms with Crippen molar-refractivity contribution in [3.63, 3.8) is 0 Å². The van der Waals surface area contributed by atoms with Crippen LogP contribution in [0.2, 0.25) is 0 Å². The number of aromatic nitrogens is 2. The Morgan fingerprint density at radius 1 is 1.00 bits per heavy atom. The molecule has 5 aromatic rings. The number of benzene rings is 3. The largest absolute Gasteiger partial charge is 0.481 e. The van der Waals surface area contributed by atoms with Gasteiger partial charge in [0.25, 0.3) is 0 Å². The summed E-state index contributed by atoms with van der Waals surface area (Å²) in [6, 6.07) is 18.1. The lowest BCUT2D eigenvalue weighted by Gasteiger charge is -2.19. The second kappa shape index (κ2) is 13.0. The van der Waals surface area contributed by atoms with Gasteiger partial charge in [0, 0.05) is 24.2 Å². The van der Waals surface area contributed by atoms with Gasteiger partial charge in [-0.1, -0.05) is 31.2 Å². The molecule has 0 saturated carbocycles. The van der Waals surface area contributed by atoms with Crippen LogP contribution in [0.15, 0.2) is 57.4 Å². The van der Waals surface area contributed by atoms with Crippen molar-refractivity contribution in [1.82, 2.24) is 24.7 Å². The number of hydrogen-bond donors (Lipinski definition) is 1. The SMILES string of the molecule is CCN(C)CC(=O)N1Cc2nc(-c3cccc(-c4cccc(-c5nc6cc(CN7CCC(C(=O)O)C7)cc(C#N)c6o5)c4C)c3C)oc2C1. The van der Waals surface area contributed by atoms with E-state index in [1.807, 2.05) is 62.2 Å². The molecule has 1 saturated heterocycles. The summed E-state index contributed by atoms with van der Waals surface area (Å²) >= 11 is 0. The number of aliphatic carboxylic acids is 1. The third-order valence-corrected chi connectivity index (χ3v) is 9.87. The molecule has 1 atom stereocenters. The molecule has 2 aliphatic heterocycles.